The summed E-state index contributed by atoms with van der Waals surface area (Å²) in [5, 5.41) is 7.95. The Morgan fingerprint density at radius 3 is 2.37 bits per heavy atom. The summed E-state index contributed by atoms with van der Waals surface area (Å²) in [6.07, 6.45) is 4.61. The Labute approximate surface area is 176 Å². The SMILES string of the molecule is CCC(=O)NC(NC(=O)NCc1cccnc1)(C(N)=O)C(C)CCc1ccccc1. The van der Waals surface area contributed by atoms with Gasteiger partial charge in [0.05, 0.1) is 0 Å². The van der Waals surface area contributed by atoms with Crippen LogP contribution in [0.25, 0.3) is 0 Å². The molecule has 0 bridgehead atoms. The number of nitrogens with one attached hydrogen (secondary N) is 3. The Hall–Kier alpha value is -3.42. The van der Waals surface area contributed by atoms with E-state index in [4.69, 9.17) is 5.73 Å². The molecule has 2 atom stereocenters. The number of rotatable bonds is 10. The highest BCUT2D eigenvalue weighted by molar-refractivity contribution is 5.93. The number of aromatic nitrogens is 1. The van der Waals surface area contributed by atoms with Gasteiger partial charge in [-0.05, 0) is 30.0 Å². The van der Waals surface area contributed by atoms with Gasteiger partial charge in [0.15, 0.2) is 5.66 Å². The summed E-state index contributed by atoms with van der Waals surface area (Å²) in [7, 11) is 0. The molecule has 1 aromatic heterocycles. The van der Waals surface area contributed by atoms with Crippen molar-refractivity contribution in [3.05, 3.63) is 66.0 Å². The third-order valence-corrected chi connectivity index (χ3v) is 4.98. The quantitative estimate of drug-likeness (QED) is 0.445. The first-order chi connectivity index (χ1) is 14.4. The molecule has 0 saturated heterocycles. The first-order valence-electron chi connectivity index (χ1n) is 9.97. The molecule has 0 saturated carbocycles. The van der Waals surface area contributed by atoms with Gasteiger partial charge >= 0.3 is 6.03 Å². The van der Waals surface area contributed by atoms with Crippen LogP contribution in [0.1, 0.15) is 37.8 Å². The fourth-order valence-electron chi connectivity index (χ4n) is 3.10. The summed E-state index contributed by atoms with van der Waals surface area (Å²) in [4.78, 5) is 41.2. The van der Waals surface area contributed by atoms with Gasteiger partial charge in [-0.1, -0.05) is 50.2 Å². The molecule has 2 rings (SSSR count). The van der Waals surface area contributed by atoms with Crippen molar-refractivity contribution in [2.24, 2.45) is 11.7 Å². The lowest BCUT2D eigenvalue weighted by atomic mass is 9.87. The molecule has 5 N–H and O–H groups in total. The molecule has 8 nitrogen and oxygen atoms in total. The number of amides is 4. The number of primary amides is 1. The smallest absolute Gasteiger partial charge is 0.317 e. The molecule has 1 heterocycles. The number of urea groups is 1. The van der Waals surface area contributed by atoms with Crippen LogP contribution in [0.3, 0.4) is 0 Å². The standard InChI is InChI=1S/C22H29N5O3/c1-3-19(28)26-22(20(23)29,16(2)11-12-17-8-5-4-6-9-17)27-21(30)25-15-18-10-7-13-24-14-18/h4-10,13-14,16H,3,11-12,15H2,1-2H3,(H2,23,29)(H,26,28)(H2,25,27,30). The third-order valence-electron chi connectivity index (χ3n) is 4.98. The van der Waals surface area contributed by atoms with Crippen LogP contribution in [0, 0.1) is 5.92 Å². The van der Waals surface area contributed by atoms with Gasteiger partial charge in [-0.3, -0.25) is 14.6 Å². The maximum Gasteiger partial charge on any atom is 0.317 e. The molecule has 4 amide bonds. The second kappa shape index (κ2) is 10.9. The lowest BCUT2D eigenvalue weighted by molar-refractivity contribution is -0.134. The van der Waals surface area contributed by atoms with Gasteiger partial charge in [0, 0.05) is 31.3 Å². The van der Waals surface area contributed by atoms with E-state index < -0.39 is 23.5 Å². The largest absolute Gasteiger partial charge is 0.366 e. The fourth-order valence-corrected chi connectivity index (χ4v) is 3.10. The van der Waals surface area contributed by atoms with Crippen LogP contribution in [0.5, 0.6) is 0 Å². The molecule has 160 valence electrons. The van der Waals surface area contributed by atoms with Gasteiger partial charge in [0.25, 0.3) is 5.91 Å². The van der Waals surface area contributed by atoms with Crippen LogP contribution < -0.4 is 21.7 Å². The minimum absolute atomic E-state index is 0.152. The molecule has 8 heteroatoms. The van der Waals surface area contributed by atoms with Gasteiger partial charge in [-0.25, -0.2) is 4.79 Å². The first-order valence-corrected chi connectivity index (χ1v) is 9.97. The Kier molecular flexibility index (Phi) is 8.34. The molecular formula is C22H29N5O3. The van der Waals surface area contributed by atoms with Crippen molar-refractivity contribution in [2.45, 2.75) is 45.3 Å². The van der Waals surface area contributed by atoms with Crippen LogP contribution in [0.2, 0.25) is 0 Å². The molecule has 0 spiro atoms. The summed E-state index contributed by atoms with van der Waals surface area (Å²) in [6, 6.07) is 12.7. The Morgan fingerprint density at radius 1 is 1.07 bits per heavy atom. The van der Waals surface area contributed by atoms with E-state index in [0.717, 1.165) is 11.1 Å². The Balaban J connectivity index is 2.15. The van der Waals surface area contributed by atoms with Crippen LogP contribution in [0.15, 0.2) is 54.9 Å². The second-order valence-electron chi connectivity index (χ2n) is 7.17. The average Bonchev–Trinajstić information content (AvgIpc) is 2.76. The lowest BCUT2D eigenvalue weighted by Gasteiger charge is -2.37. The highest BCUT2D eigenvalue weighted by atomic mass is 16.2. The van der Waals surface area contributed by atoms with Gasteiger partial charge in [0.2, 0.25) is 5.91 Å². The molecule has 30 heavy (non-hydrogen) atoms. The number of carbonyl (C=O) groups excluding carboxylic acids is 3. The van der Waals surface area contributed by atoms with E-state index in [-0.39, 0.29) is 18.9 Å². The van der Waals surface area contributed by atoms with Gasteiger partial charge in [0.1, 0.15) is 0 Å². The van der Waals surface area contributed by atoms with E-state index in [1.807, 2.05) is 36.4 Å². The van der Waals surface area contributed by atoms with Gasteiger partial charge < -0.3 is 21.7 Å². The number of carbonyl (C=O) groups is 3. The van der Waals surface area contributed by atoms with E-state index in [0.29, 0.717) is 12.8 Å². The number of nitrogens with two attached hydrogens (primary N) is 1. The summed E-state index contributed by atoms with van der Waals surface area (Å²) in [6.45, 7) is 3.66. The number of benzene rings is 1. The molecule has 0 fully saturated rings. The highest BCUT2D eigenvalue weighted by Gasteiger charge is 2.44. The molecule has 0 aliphatic carbocycles. The Bertz CT molecular complexity index is 844. The average molecular weight is 412 g/mol. The van der Waals surface area contributed by atoms with E-state index in [1.165, 1.54) is 0 Å². The normalized spacial score (nSPS) is 13.5. The summed E-state index contributed by atoms with van der Waals surface area (Å²) in [5.74, 6) is -1.65. The molecular weight excluding hydrogens is 382 g/mol. The maximum absolute atomic E-state index is 12.6. The zero-order valence-electron chi connectivity index (χ0n) is 17.4. The highest BCUT2D eigenvalue weighted by Crippen LogP contribution is 2.21. The van der Waals surface area contributed by atoms with E-state index in [9.17, 15) is 14.4 Å². The van der Waals surface area contributed by atoms with Crippen molar-refractivity contribution in [2.75, 3.05) is 0 Å². The Morgan fingerprint density at radius 2 is 1.77 bits per heavy atom. The number of hydrogen-bond acceptors (Lipinski definition) is 4. The van der Waals surface area contributed by atoms with Gasteiger partial charge in [-0.2, -0.15) is 0 Å². The van der Waals surface area contributed by atoms with Crippen molar-refractivity contribution >= 4 is 17.8 Å². The predicted molar refractivity (Wildman–Crippen MR) is 114 cm³/mol. The molecule has 0 aliphatic rings. The zero-order valence-corrected chi connectivity index (χ0v) is 17.4. The number of nitrogens with zero attached hydrogens (tertiary/aromatic N) is 1. The van der Waals surface area contributed by atoms with Crippen molar-refractivity contribution in [1.29, 1.82) is 0 Å². The second-order valence-corrected chi connectivity index (χ2v) is 7.17. The predicted octanol–water partition coefficient (Wildman–Crippen LogP) is 1.86. The van der Waals surface area contributed by atoms with Crippen molar-refractivity contribution in [1.82, 2.24) is 20.9 Å². The molecule has 0 aliphatic heterocycles. The lowest BCUT2D eigenvalue weighted by Crippen LogP contribution is -2.72. The van der Waals surface area contributed by atoms with Crippen LogP contribution in [-0.2, 0) is 22.6 Å². The number of pyridine rings is 1. The molecule has 0 radical (unpaired) electrons. The minimum atomic E-state index is -1.71. The van der Waals surface area contributed by atoms with E-state index in [2.05, 4.69) is 20.9 Å². The van der Waals surface area contributed by atoms with Crippen LogP contribution in [0.4, 0.5) is 4.79 Å². The topological polar surface area (TPSA) is 126 Å². The number of aryl methyl sites for hydroxylation is 1. The summed E-state index contributed by atoms with van der Waals surface area (Å²) < 4.78 is 0. The molecule has 2 unspecified atom stereocenters. The molecule has 2 aromatic rings. The minimum Gasteiger partial charge on any atom is -0.366 e. The summed E-state index contributed by atoms with van der Waals surface area (Å²) >= 11 is 0. The first kappa shape index (κ1) is 22.9. The van der Waals surface area contributed by atoms with E-state index >= 15 is 0 Å². The van der Waals surface area contributed by atoms with Crippen molar-refractivity contribution < 1.29 is 14.4 Å². The van der Waals surface area contributed by atoms with E-state index in [1.54, 1.807) is 32.3 Å². The maximum atomic E-state index is 12.6. The molecule has 1 aromatic carbocycles. The monoisotopic (exact) mass is 411 g/mol. The van der Waals surface area contributed by atoms with Crippen molar-refractivity contribution in [3.8, 4) is 0 Å². The van der Waals surface area contributed by atoms with Crippen LogP contribution >= 0.6 is 0 Å². The third kappa shape index (κ3) is 6.30. The zero-order chi connectivity index (χ0) is 22.0. The number of hydrogen-bond donors (Lipinski definition) is 4. The summed E-state index contributed by atoms with van der Waals surface area (Å²) in [5.41, 5.74) is 5.87. The van der Waals surface area contributed by atoms with Crippen LogP contribution in [-0.4, -0.2) is 28.5 Å². The fraction of sp³-hybridized carbons (Fsp3) is 0.364. The van der Waals surface area contributed by atoms with Gasteiger partial charge in [-0.15, -0.1) is 0 Å². The van der Waals surface area contributed by atoms with Crippen molar-refractivity contribution in [3.63, 3.8) is 0 Å².